The summed E-state index contributed by atoms with van der Waals surface area (Å²) in [7, 11) is 0. The molecule has 17 heavy (non-hydrogen) atoms. The van der Waals surface area contributed by atoms with Crippen LogP contribution in [0.3, 0.4) is 0 Å². The third-order valence-corrected chi connectivity index (χ3v) is 3.45. The van der Waals surface area contributed by atoms with Gasteiger partial charge in [0.2, 0.25) is 0 Å². The van der Waals surface area contributed by atoms with Gasteiger partial charge in [-0.05, 0) is 30.7 Å². The lowest BCUT2D eigenvalue weighted by atomic mass is 10.2. The number of aromatic nitrogens is 1. The number of hydrogen-bond donors (Lipinski definition) is 1. The van der Waals surface area contributed by atoms with E-state index in [0.29, 0.717) is 6.42 Å². The first-order valence-electron chi connectivity index (χ1n) is 5.58. The summed E-state index contributed by atoms with van der Waals surface area (Å²) in [5.74, 6) is 1.75. The van der Waals surface area contributed by atoms with Crippen LogP contribution < -0.4 is 0 Å². The fraction of sp³-hybridized carbons (Fsp3) is 0.308. The van der Waals surface area contributed by atoms with Crippen molar-refractivity contribution in [2.75, 3.05) is 0 Å². The topological polar surface area (TPSA) is 46.3 Å². The molecule has 2 heterocycles. The summed E-state index contributed by atoms with van der Waals surface area (Å²) >= 11 is 1.67. The Labute approximate surface area is 105 Å². The minimum atomic E-state index is -0.459. The minimum absolute atomic E-state index is 0.459. The van der Waals surface area contributed by atoms with Crippen molar-refractivity contribution in [3.8, 4) is 0 Å². The molecule has 0 aliphatic rings. The van der Waals surface area contributed by atoms with Crippen LogP contribution in [-0.4, -0.2) is 10.1 Å². The summed E-state index contributed by atoms with van der Waals surface area (Å²) in [6.45, 7) is 1.94. The molecule has 0 unspecified atom stereocenters. The number of furan rings is 1. The molecule has 0 saturated carbocycles. The Kier molecular flexibility index (Phi) is 4.23. The van der Waals surface area contributed by atoms with Gasteiger partial charge < -0.3 is 9.52 Å². The summed E-state index contributed by atoms with van der Waals surface area (Å²) in [5, 5.41) is 9.62. The van der Waals surface area contributed by atoms with Crippen LogP contribution in [-0.2, 0) is 5.75 Å². The fourth-order valence-electron chi connectivity index (χ4n) is 1.43. The van der Waals surface area contributed by atoms with Crippen molar-refractivity contribution in [3.63, 3.8) is 0 Å². The molecule has 4 heteroatoms. The second-order valence-electron chi connectivity index (χ2n) is 3.71. The van der Waals surface area contributed by atoms with E-state index in [1.165, 1.54) is 0 Å². The van der Waals surface area contributed by atoms with E-state index in [2.05, 4.69) is 4.98 Å². The lowest BCUT2D eigenvalue weighted by Gasteiger charge is -2.07. The molecule has 0 aliphatic carbocycles. The first-order valence-corrected chi connectivity index (χ1v) is 6.57. The monoisotopic (exact) mass is 249 g/mol. The van der Waals surface area contributed by atoms with Gasteiger partial charge >= 0.3 is 0 Å². The number of nitrogens with zero attached hydrogens (tertiary/aromatic N) is 1. The summed E-state index contributed by atoms with van der Waals surface area (Å²) in [6, 6.07) is 7.69. The van der Waals surface area contributed by atoms with Gasteiger partial charge in [-0.2, -0.15) is 0 Å². The maximum Gasteiger partial charge on any atom is 0.113 e. The first-order chi connectivity index (χ1) is 8.29. The summed E-state index contributed by atoms with van der Waals surface area (Å²) in [4.78, 5) is 5.33. The second kappa shape index (κ2) is 5.89. The quantitative estimate of drug-likeness (QED) is 0.825. The van der Waals surface area contributed by atoms with Gasteiger partial charge in [-0.25, -0.2) is 0 Å². The van der Waals surface area contributed by atoms with Crippen molar-refractivity contribution >= 4 is 11.8 Å². The molecule has 2 aromatic heterocycles. The van der Waals surface area contributed by atoms with Gasteiger partial charge in [-0.1, -0.05) is 6.92 Å². The van der Waals surface area contributed by atoms with E-state index < -0.39 is 6.10 Å². The highest BCUT2D eigenvalue weighted by atomic mass is 32.2. The van der Waals surface area contributed by atoms with Crippen molar-refractivity contribution < 1.29 is 9.52 Å². The molecule has 1 atom stereocenters. The summed E-state index contributed by atoms with van der Waals surface area (Å²) in [5.41, 5.74) is 0.731. The van der Waals surface area contributed by atoms with E-state index in [1.807, 2.05) is 31.2 Å². The predicted octanol–water partition coefficient (Wildman–Crippen LogP) is 3.41. The molecule has 2 rings (SSSR count). The van der Waals surface area contributed by atoms with Crippen LogP contribution in [0.25, 0.3) is 0 Å². The summed E-state index contributed by atoms with van der Waals surface area (Å²) < 4.78 is 5.25. The van der Waals surface area contributed by atoms with Crippen LogP contribution in [0.1, 0.15) is 30.9 Å². The van der Waals surface area contributed by atoms with E-state index in [4.69, 9.17) is 4.42 Å². The molecule has 0 saturated heterocycles. The normalized spacial score (nSPS) is 12.6. The van der Waals surface area contributed by atoms with E-state index in [-0.39, 0.29) is 0 Å². The van der Waals surface area contributed by atoms with Crippen LogP contribution in [0, 0.1) is 0 Å². The Morgan fingerprint density at radius 1 is 1.41 bits per heavy atom. The standard InChI is InChI=1S/C13H15NO2S/c1-2-13(15)12-6-5-11(8-14-12)17-9-10-4-3-7-16-10/h3-8,13,15H,2,9H2,1H3/t13-/m1/s1. The number of aliphatic hydroxyl groups is 1. The Hall–Kier alpha value is -1.26. The molecule has 0 spiro atoms. The molecular formula is C13H15NO2S. The van der Waals surface area contributed by atoms with Gasteiger partial charge in [0.1, 0.15) is 5.76 Å². The second-order valence-corrected chi connectivity index (χ2v) is 4.76. The van der Waals surface area contributed by atoms with Gasteiger partial charge in [0.25, 0.3) is 0 Å². The molecule has 0 radical (unpaired) electrons. The number of hydrogen-bond acceptors (Lipinski definition) is 4. The maximum atomic E-state index is 9.62. The van der Waals surface area contributed by atoms with Crippen molar-refractivity contribution in [1.82, 2.24) is 4.98 Å². The van der Waals surface area contributed by atoms with E-state index in [0.717, 1.165) is 22.1 Å². The number of aliphatic hydroxyl groups excluding tert-OH is 1. The first kappa shape index (κ1) is 12.2. The molecule has 90 valence electrons. The molecule has 0 aromatic carbocycles. The molecule has 2 aromatic rings. The Morgan fingerprint density at radius 2 is 2.29 bits per heavy atom. The number of pyridine rings is 1. The zero-order valence-corrected chi connectivity index (χ0v) is 10.5. The zero-order chi connectivity index (χ0) is 12.1. The van der Waals surface area contributed by atoms with Crippen molar-refractivity contribution in [2.24, 2.45) is 0 Å². The smallest absolute Gasteiger partial charge is 0.113 e. The largest absolute Gasteiger partial charge is 0.468 e. The highest BCUT2D eigenvalue weighted by Gasteiger charge is 2.06. The summed E-state index contributed by atoms with van der Waals surface area (Å²) in [6.07, 6.45) is 3.70. The SMILES string of the molecule is CC[C@@H](O)c1ccc(SCc2ccco2)cn1. The third-order valence-electron chi connectivity index (χ3n) is 2.45. The molecular weight excluding hydrogens is 234 g/mol. The lowest BCUT2D eigenvalue weighted by Crippen LogP contribution is -1.97. The molecule has 0 amide bonds. The lowest BCUT2D eigenvalue weighted by molar-refractivity contribution is 0.169. The maximum absolute atomic E-state index is 9.62. The zero-order valence-electron chi connectivity index (χ0n) is 9.67. The number of thioether (sulfide) groups is 1. The highest BCUT2D eigenvalue weighted by molar-refractivity contribution is 7.98. The van der Waals surface area contributed by atoms with Crippen molar-refractivity contribution in [3.05, 3.63) is 48.2 Å². The van der Waals surface area contributed by atoms with E-state index in [9.17, 15) is 5.11 Å². The van der Waals surface area contributed by atoms with Crippen molar-refractivity contribution in [2.45, 2.75) is 30.1 Å². The number of rotatable bonds is 5. The molecule has 0 fully saturated rings. The molecule has 0 aliphatic heterocycles. The Balaban J connectivity index is 1.94. The van der Waals surface area contributed by atoms with Crippen LogP contribution in [0.5, 0.6) is 0 Å². The van der Waals surface area contributed by atoms with Crippen molar-refractivity contribution in [1.29, 1.82) is 0 Å². The average molecular weight is 249 g/mol. The minimum Gasteiger partial charge on any atom is -0.468 e. The highest BCUT2D eigenvalue weighted by Crippen LogP contribution is 2.23. The van der Waals surface area contributed by atoms with Gasteiger partial charge in [-0.15, -0.1) is 11.8 Å². The molecule has 1 N–H and O–H groups in total. The van der Waals surface area contributed by atoms with Crippen LogP contribution >= 0.6 is 11.8 Å². The van der Waals surface area contributed by atoms with Gasteiger partial charge in [0.15, 0.2) is 0 Å². The Bertz CT molecular complexity index is 439. The molecule has 0 bridgehead atoms. The van der Waals surface area contributed by atoms with Crippen LogP contribution in [0.2, 0.25) is 0 Å². The Morgan fingerprint density at radius 3 is 2.88 bits per heavy atom. The van der Waals surface area contributed by atoms with Crippen LogP contribution in [0.15, 0.2) is 46.0 Å². The van der Waals surface area contributed by atoms with E-state index >= 15 is 0 Å². The van der Waals surface area contributed by atoms with Gasteiger partial charge in [0, 0.05) is 11.1 Å². The predicted molar refractivity (Wildman–Crippen MR) is 67.8 cm³/mol. The fourth-order valence-corrected chi connectivity index (χ4v) is 2.20. The van der Waals surface area contributed by atoms with Gasteiger partial charge in [-0.3, -0.25) is 4.98 Å². The van der Waals surface area contributed by atoms with E-state index in [1.54, 1.807) is 24.2 Å². The van der Waals surface area contributed by atoms with Gasteiger partial charge in [0.05, 0.1) is 23.8 Å². The molecule has 3 nitrogen and oxygen atoms in total. The van der Waals surface area contributed by atoms with Crippen LogP contribution in [0.4, 0.5) is 0 Å². The third kappa shape index (κ3) is 3.35. The average Bonchev–Trinajstić information content (AvgIpc) is 2.89.